The summed E-state index contributed by atoms with van der Waals surface area (Å²) in [5.41, 5.74) is 1.48. The lowest BCUT2D eigenvalue weighted by molar-refractivity contribution is 0.549. The molecule has 0 saturated heterocycles. The maximum absolute atomic E-state index is 7.88. The molecule has 5 heteroatoms. The zero-order valence-electron chi connectivity index (χ0n) is 9.30. The highest BCUT2D eigenvalue weighted by atomic mass is 15.6. The summed E-state index contributed by atoms with van der Waals surface area (Å²) in [5, 5.41) is 15.8. The molecule has 0 aliphatic carbocycles. The van der Waals surface area contributed by atoms with Gasteiger partial charge in [-0.15, -0.1) is 0 Å². The van der Waals surface area contributed by atoms with Crippen LogP contribution < -0.4 is 5.62 Å². The van der Waals surface area contributed by atoms with E-state index in [1.807, 2.05) is 30.3 Å². The summed E-state index contributed by atoms with van der Waals surface area (Å²) in [4.78, 5) is 0. The van der Waals surface area contributed by atoms with Gasteiger partial charge in [0.15, 0.2) is 0 Å². The zero-order chi connectivity index (χ0) is 11.4. The van der Waals surface area contributed by atoms with Crippen LogP contribution in [0.2, 0.25) is 0 Å². The summed E-state index contributed by atoms with van der Waals surface area (Å²) in [5.74, 6) is 0. The molecule has 0 atom stereocenters. The first-order valence-electron chi connectivity index (χ1n) is 5.40. The third-order valence-corrected chi connectivity index (χ3v) is 2.36. The van der Waals surface area contributed by atoms with Crippen molar-refractivity contribution in [3.63, 3.8) is 0 Å². The summed E-state index contributed by atoms with van der Waals surface area (Å²) < 4.78 is 3.22. The lowest BCUT2D eigenvalue weighted by Crippen LogP contribution is -2.26. The molecule has 2 rings (SSSR count). The predicted molar refractivity (Wildman–Crippen MR) is 59.7 cm³/mol. The predicted octanol–water partition coefficient (Wildman–Crippen LogP) is 1.02. The number of hydrogen-bond acceptors (Lipinski definition) is 3. The highest BCUT2D eigenvalue weighted by Gasteiger charge is 2.02. The Hall–Kier alpha value is -1.91. The summed E-state index contributed by atoms with van der Waals surface area (Å²) >= 11 is 0. The lowest BCUT2D eigenvalue weighted by Gasteiger charge is -1.99. The molecule has 0 spiro atoms. The Bertz CT molecular complexity index is 497. The number of aryl methyl sites for hydroxylation is 1. The zero-order valence-corrected chi connectivity index (χ0v) is 9.30. The van der Waals surface area contributed by atoms with Crippen molar-refractivity contribution < 1.29 is 0 Å². The van der Waals surface area contributed by atoms with E-state index in [1.54, 1.807) is 9.36 Å². The molecule has 5 nitrogen and oxygen atoms in total. The average Bonchev–Trinajstić information content (AvgIpc) is 2.64. The monoisotopic (exact) mass is 217 g/mol. The highest BCUT2D eigenvalue weighted by molar-refractivity contribution is 5.14. The van der Waals surface area contributed by atoms with E-state index in [0.29, 0.717) is 12.2 Å². The summed E-state index contributed by atoms with van der Waals surface area (Å²) in [6.07, 6.45) is 0.959. The molecule has 16 heavy (non-hydrogen) atoms. The molecule has 2 aromatic rings. The van der Waals surface area contributed by atoms with Gasteiger partial charge in [-0.25, -0.2) is 9.36 Å². The standard InChI is InChI=1S/C11H15N5/c1-2-8-15-11(12)16(14-13-15)9-10-6-4-3-5-7-10/h3-7,12H,2,8-9H2,1H3. The van der Waals surface area contributed by atoms with Gasteiger partial charge in [0, 0.05) is 6.54 Å². The van der Waals surface area contributed by atoms with Gasteiger partial charge in [-0.3, -0.25) is 5.41 Å². The number of rotatable bonds is 4. The molecule has 1 N–H and O–H groups in total. The topological polar surface area (TPSA) is 59.5 Å². The Kier molecular flexibility index (Phi) is 3.14. The van der Waals surface area contributed by atoms with Crippen molar-refractivity contribution in [1.82, 2.24) is 19.8 Å². The van der Waals surface area contributed by atoms with E-state index in [2.05, 4.69) is 17.4 Å². The molecular formula is C11H15N5. The largest absolute Gasteiger partial charge is 0.266 e. The van der Waals surface area contributed by atoms with Crippen LogP contribution in [0.4, 0.5) is 0 Å². The van der Waals surface area contributed by atoms with E-state index < -0.39 is 0 Å². The SMILES string of the molecule is CCCn1nnn(Cc2ccccc2)c1=N. The van der Waals surface area contributed by atoms with Crippen molar-refractivity contribution in [2.24, 2.45) is 0 Å². The first-order chi connectivity index (χ1) is 7.81. The van der Waals surface area contributed by atoms with Gasteiger partial charge in [-0.2, -0.15) is 0 Å². The molecule has 0 amide bonds. The first kappa shape index (κ1) is 10.6. The van der Waals surface area contributed by atoms with E-state index in [0.717, 1.165) is 18.5 Å². The molecule has 0 saturated carbocycles. The molecule has 0 radical (unpaired) electrons. The molecule has 1 aromatic heterocycles. The Morgan fingerprint density at radius 3 is 2.50 bits per heavy atom. The van der Waals surface area contributed by atoms with Crippen LogP contribution in [0.5, 0.6) is 0 Å². The summed E-state index contributed by atoms with van der Waals surface area (Å²) in [7, 11) is 0. The fourth-order valence-corrected chi connectivity index (χ4v) is 1.54. The fourth-order valence-electron chi connectivity index (χ4n) is 1.54. The van der Waals surface area contributed by atoms with Crippen LogP contribution in [-0.2, 0) is 13.1 Å². The van der Waals surface area contributed by atoms with Crippen LogP contribution in [0.15, 0.2) is 30.3 Å². The van der Waals surface area contributed by atoms with Crippen LogP contribution in [0, 0.1) is 5.41 Å². The Labute approximate surface area is 93.8 Å². The van der Waals surface area contributed by atoms with Gasteiger partial charge in [0.2, 0.25) is 5.62 Å². The van der Waals surface area contributed by atoms with E-state index in [1.165, 1.54) is 0 Å². The van der Waals surface area contributed by atoms with E-state index in [9.17, 15) is 0 Å². The molecular weight excluding hydrogens is 202 g/mol. The van der Waals surface area contributed by atoms with Crippen molar-refractivity contribution in [3.05, 3.63) is 41.5 Å². The highest BCUT2D eigenvalue weighted by Crippen LogP contribution is 1.98. The van der Waals surface area contributed by atoms with E-state index in [-0.39, 0.29) is 0 Å². The van der Waals surface area contributed by atoms with Crippen LogP contribution in [0.1, 0.15) is 18.9 Å². The second-order valence-corrected chi connectivity index (χ2v) is 3.67. The quantitative estimate of drug-likeness (QED) is 0.831. The summed E-state index contributed by atoms with van der Waals surface area (Å²) in [6, 6.07) is 9.98. The average molecular weight is 217 g/mol. The maximum Gasteiger partial charge on any atom is 0.238 e. The van der Waals surface area contributed by atoms with Gasteiger partial charge in [-0.1, -0.05) is 37.3 Å². The number of aromatic nitrogens is 4. The fraction of sp³-hybridized carbons (Fsp3) is 0.364. The third kappa shape index (κ3) is 2.18. The maximum atomic E-state index is 7.88. The minimum Gasteiger partial charge on any atom is -0.266 e. The van der Waals surface area contributed by atoms with E-state index >= 15 is 0 Å². The first-order valence-corrected chi connectivity index (χ1v) is 5.40. The molecule has 0 bridgehead atoms. The number of benzene rings is 1. The van der Waals surface area contributed by atoms with Gasteiger partial charge in [0.05, 0.1) is 6.54 Å². The van der Waals surface area contributed by atoms with Gasteiger partial charge in [0.25, 0.3) is 0 Å². The van der Waals surface area contributed by atoms with E-state index in [4.69, 9.17) is 5.41 Å². The Morgan fingerprint density at radius 2 is 1.81 bits per heavy atom. The van der Waals surface area contributed by atoms with Crippen molar-refractivity contribution in [1.29, 1.82) is 5.41 Å². The molecule has 84 valence electrons. The summed E-state index contributed by atoms with van der Waals surface area (Å²) in [6.45, 7) is 3.40. The van der Waals surface area contributed by atoms with Gasteiger partial charge in [0.1, 0.15) is 0 Å². The van der Waals surface area contributed by atoms with Crippen molar-refractivity contribution in [2.75, 3.05) is 0 Å². The normalized spacial score (nSPS) is 10.6. The second-order valence-electron chi connectivity index (χ2n) is 3.67. The van der Waals surface area contributed by atoms with Crippen LogP contribution in [-0.4, -0.2) is 19.8 Å². The Morgan fingerprint density at radius 1 is 1.12 bits per heavy atom. The van der Waals surface area contributed by atoms with Gasteiger partial charge < -0.3 is 0 Å². The number of nitrogens with one attached hydrogen (secondary N) is 1. The van der Waals surface area contributed by atoms with Gasteiger partial charge >= 0.3 is 0 Å². The lowest BCUT2D eigenvalue weighted by atomic mass is 10.2. The smallest absolute Gasteiger partial charge is 0.238 e. The number of hydrogen-bond donors (Lipinski definition) is 1. The van der Waals surface area contributed by atoms with Crippen molar-refractivity contribution in [3.8, 4) is 0 Å². The van der Waals surface area contributed by atoms with Crippen LogP contribution >= 0.6 is 0 Å². The third-order valence-electron chi connectivity index (χ3n) is 2.36. The Balaban J connectivity index is 2.20. The molecule has 0 aliphatic heterocycles. The van der Waals surface area contributed by atoms with Crippen LogP contribution in [0.25, 0.3) is 0 Å². The second kappa shape index (κ2) is 4.74. The molecule has 1 heterocycles. The van der Waals surface area contributed by atoms with Crippen molar-refractivity contribution >= 4 is 0 Å². The number of tetrazole rings is 1. The van der Waals surface area contributed by atoms with Crippen LogP contribution in [0.3, 0.4) is 0 Å². The number of nitrogens with zero attached hydrogens (tertiary/aromatic N) is 4. The molecule has 0 unspecified atom stereocenters. The molecule has 0 fully saturated rings. The minimum absolute atomic E-state index is 0.353. The molecule has 1 aromatic carbocycles. The van der Waals surface area contributed by atoms with Crippen molar-refractivity contribution in [2.45, 2.75) is 26.4 Å². The molecule has 0 aliphatic rings. The van der Waals surface area contributed by atoms with Gasteiger partial charge in [-0.05, 0) is 22.4 Å². The minimum atomic E-state index is 0.353.